The van der Waals surface area contributed by atoms with Crippen molar-refractivity contribution in [3.05, 3.63) is 53.3 Å². The van der Waals surface area contributed by atoms with Crippen molar-refractivity contribution in [1.82, 2.24) is 9.97 Å². The number of hydrogen-bond donors (Lipinski definition) is 1. The molecule has 0 bridgehead atoms. The molecule has 2 aliphatic rings. The van der Waals surface area contributed by atoms with Crippen molar-refractivity contribution in [1.29, 1.82) is 5.26 Å². The lowest BCUT2D eigenvalue weighted by Gasteiger charge is -2.43. The zero-order valence-corrected chi connectivity index (χ0v) is 21.1. The monoisotopic (exact) mass is 541 g/mol. The number of benzene rings is 2. The van der Waals surface area contributed by atoms with Crippen LogP contribution in [0.3, 0.4) is 0 Å². The van der Waals surface area contributed by atoms with Gasteiger partial charge in [-0.2, -0.15) is 23.4 Å². The lowest BCUT2D eigenvalue weighted by molar-refractivity contribution is -0.137. The molecule has 2 heterocycles. The number of rotatable bonds is 6. The molecule has 2 fully saturated rings. The Bertz CT molecular complexity index is 1500. The van der Waals surface area contributed by atoms with Crippen LogP contribution >= 0.6 is 12.2 Å². The van der Waals surface area contributed by atoms with Gasteiger partial charge >= 0.3 is 6.18 Å². The standard InChI is InChI=1S/C26H22F3N5O3S/c1-2-21-31-20-7-6-17(12-18(20)22(32-21)37-11-10-35)34-24(38)33(23(36)25(34)8-3-9-25)16-5-4-15(14-30)19(13-16)26(27,28)29/h4-7,12-13,35H,2-3,8-11H2,1H3. The summed E-state index contributed by atoms with van der Waals surface area (Å²) < 4.78 is 46.6. The number of aryl methyl sites for hydroxylation is 1. The van der Waals surface area contributed by atoms with Crippen LogP contribution in [0, 0.1) is 11.3 Å². The van der Waals surface area contributed by atoms with Crippen molar-refractivity contribution in [2.45, 2.75) is 44.3 Å². The maximum atomic E-state index is 13.7. The summed E-state index contributed by atoms with van der Waals surface area (Å²) in [5.74, 6) is 0.426. The second-order valence-electron chi connectivity index (χ2n) is 9.06. The number of halogens is 3. The summed E-state index contributed by atoms with van der Waals surface area (Å²) in [5, 5.41) is 19.0. The van der Waals surface area contributed by atoms with E-state index in [2.05, 4.69) is 9.97 Å². The van der Waals surface area contributed by atoms with Gasteiger partial charge in [-0.3, -0.25) is 9.69 Å². The first-order chi connectivity index (χ1) is 18.1. The van der Waals surface area contributed by atoms with E-state index >= 15 is 0 Å². The normalized spacial score (nSPS) is 16.7. The van der Waals surface area contributed by atoms with Gasteiger partial charge in [0.05, 0.1) is 40.4 Å². The van der Waals surface area contributed by atoms with E-state index in [1.54, 1.807) is 29.2 Å². The number of hydrogen-bond acceptors (Lipinski definition) is 7. The number of ether oxygens (including phenoxy) is 1. The van der Waals surface area contributed by atoms with Crippen LogP contribution in [0.15, 0.2) is 36.4 Å². The van der Waals surface area contributed by atoms with E-state index in [-0.39, 0.29) is 29.9 Å². The number of aliphatic hydroxyl groups excluding tert-OH is 1. The van der Waals surface area contributed by atoms with Crippen molar-refractivity contribution in [2.75, 3.05) is 23.0 Å². The van der Waals surface area contributed by atoms with E-state index in [4.69, 9.17) is 22.2 Å². The van der Waals surface area contributed by atoms with E-state index in [9.17, 15) is 23.1 Å². The zero-order valence-electron chi connectivity index (χ0n) is 20.2. The minimum Gasteiger partial charge on any atom is -0.475 e. The number of carbonyl (C=O) groups excluding carboxylic acids is 1. The molecule has 3 aromatic rings. The summed E-state index contributed by atoms with van der Waals surface area (Å²) >= 11 is 5.70. The molecule has 0 radical (unpaired) electrons. The number of nitriles is 1. The summed E-state index contributed by atoms with van der Waals surface area (Å²) in [4.78, 5) is 25.5. The fourth-order valence-electron chi connectivity index (χ4n) is 4.90. The number of fused-ring (bicyclic) bond motifs is 1. The first-order valence-electron chi connectivity index (χ1n) is 12.0. The molecule has 1 spiro atoms. The topological polar surface area (TPSA) is 103 Å². The molecule has 1 aromatic heterocycles. The summed E-state index contributed by atoms with van der Waals surface area (Å²) in [6.07, 6.45) is -2.51. The lowest BCUT2D eigenvalue weighted by Crippen LogP contribution is -2.55. The molecular formula is C26H22F3N5O3S. The Morgan fingerprint density at radius 2 is 1.92 bits per heavy atom. The van der Waals surface area contributed by atoms with Crippen LogP contribution < -0.4 is 14.5 Å². The van der Waals surface area contributed by atoms with Crippen molar-refractivity contribution >= 4 is 45.5 Å². The average molecular weight is 542 g/mol. The number of anilines is 2. The molecule has 1 aliphatic heterocycles. The maximum absolute atomic E-state index is 13.7. The van der Waals surface area contributed by atoms with Gasteiger partial charge in [-0.15, -0.1) is 0 Å². The van der Waals surface area contributed by atoms with E-state index in [1.807, 2.05) is 6.92 Å². The molecule has 2 aromatic carbocycles. The van der Waals surface area contributed by atoms with Crippen molar-refractivity contribution in [3.63, 3.8) is 0 Å². The van der Waals surface area contributed by atoms with Crippen LogP contribution in [0.5, 0.6) is 5.88 Å². The van der Waals surface area contributed by atoms with Crippen LogP contribution in [0.25, 0.3) is 10.9 Å². The number of carbonyl (C=O) groups is 1. The first-order valence-corrected chi connectivity index (χ1v) is 12.4. The summed E-state index contributed by atoms with van der Waals surface area (Å²) in [6, 6.07) is 9.95. The lowest BCUT2D eigenvalue weighted by atomic mass is 9.75. The van der Waals surface area contributed by atoms with Gasteiger partial charge in [-0.25, -0.2) is 4.98 Å². The fraction of sp³-hybridized carbons (Fsp3) is 0.346. The van der Waals surface area contributed by atoms with Crippen molar-refractivity contribution in [2.24, 2.45) is 0 Å². The molecule has 5 rings (SSSR count). The minimum absolute atomic E-state index is 0.0258. The predicted molar refractivity (Wildman–Crippen MR) is 137 cm³/mol. The molecule has 1 amide bonds. The van der Waals surface area contributed by atoms with Gasteiger partial charge in [0, 0.05) is 12.1 Å². The van der Waals surface area contributed by atoms with Gasteiger partial charge in [0.15, 0.2) is 5.11 Å². The SMILES string of the molecule is CCc1nc(OCCO)c2cc(N3C(=S)N(c4ccc(C#N)c(C(F)(F)F)c4)C(=O)C34CCC4)ccc2n1. The van der Waals surface area contributed by atoms with Crippen LogP contribution in [0.2, 0.25) is 0 Å². The number of amides is 1. The highest BCUT2D eigenvalue weighted by Crippen LogP contribution is 2.49. The molecule has 196 valence electrons. The summed E-state index contributed by atoms with van der Waals surface area (Å²) in [7, 11) is 0. The minimum atomic E-state index is -4.78. The van der Waals surface area contributed by atoms with E-state index < -0.39 is 28.7 Å². The van der Waals surface area contributed by atoms with Crippen molar-refractivity contribution in [3.8, 4) is 11.9 Å². The van der Waals surface area contributed by atoms with Gasteiger partial charge < -0.3 is 14.7 Å². The number of alkyl halides is 3. The highest BCUT2D eigenvalue weighted by Gasteiger charge is 2.59. The Morgan fingerprint density at radius 1 is 1.18 bits per heavy atom. The average Bonchev–Trinajstić information content (AvgIpc) is 3.12. The van der Waals surface area contributed by atoms with Gasteiger partial charge in [0.1, 0.15) is 18.0 Å². The van der Waals surface area contributed by atoms with E-state index in [0.717, 1.165) is 23.5 Å². The molecule has 0 unspecified atom stereocenters. The molecule has 1 N–H and O–H groups in total. The van der Waals surface area contributed by atoms with Gasteiger partial charge in [-0.1, -0.05) is 6.92 Å². The van der Waals surface area contributed by atoms with Crippen LogP contribution in [0.1, 0.15) is 43.1 Å². The second-order valence-corrected chi connectivity index (χ2v) is 9.42. The van der Waals surface area contributed by atoms with Gasteiger partial charge in [-0.05, 0) is 67.9 Å². The molecule has 0 atom stereocenters. The Hall–Kier alpha value is -3.82. The van der Waals surface area contributed by atoms with Crippen LogP contribution in [0.4, 0.5) is 24.5 Å². The summed E-state index contributed by atoms with van der Waals surface area (Å²) in [6.45, 7) is 1.72. The Morgan fingerprint density at radius 3 is 2.53 bits per heavy atom. The van der Waals surface area contributed by atoms with Gasteiger partial charge in [0.25, 0.3) is 5.91 Å². The third-order valence-electron chi connectivity index (χ3n) is 6.87. The Kier molecular flexibility index (Phi) is 6.44. The van der Waals surface area contributed by atoms with Crippen LogP contribution in [-0.4, -0.2) is 44.8 Å². The molecule has 1 aliphatic carbocycles. The molecule has 38 heavy (non-hydrogen) atoms. The first kappa shape index (κ1) is 25.8. The Labute approximate surface area is 221 Å². The number of aliphatic hydroxyl groups is 1. The van der Waals surface area contributed by atoms with E-state index in [1.165, 1.54) is 6.07 Å². The number of aromatic nitrogens is 2. The number of thiocarbonyl (C=S) groups is 1. The van der Waals surface area contributed by atoms with E-state index in [0.29, 0.717) is 41.7 Å². The molecule has 1 saturated heterocycles. The molecule has 8 nitrogen and oxygen atoms in total. The molecular weight excluding hydrogens is 519 g/mol. The highest BCUT2D eigenvalue weighted by atomic mass is 32.1. The largest absolute Gasteiger partial charge is 0.475 e. The smallest absolute Gasteiger partial charge is 0.417 e. The van der Waals surface area contributed by atoms with Crippen LogP contribution in [-0.2, 0) is 17.4 Å². The fourth-order valence-corrected chi connectivity index (χ4v) is 5.36. The zero-order chi connectivity index (χ0) is 27.2. The number of nitrogens with zero attached hydrogens (tertiary/aromatic N) is 5. The third kappa shape index (κ3) is 4.02. The van der Waals surface area contributed by atoms with Gasteiger partial charge in [0.2, 0.25) is 5.88 Å². The maximum Gasteiger partial charge on any atom is 0.417 e. The molecule has 1 saturated carbocycles. The summed E-state index contributed by atoms with van der Waals surface area (Å²) in [5.41, 5.74) is -1.60. The predicted octanol–water partition coefficient (Wildman–Crippen LogP) is 4.51. The Balaban J connectivity index is 1.62. The molecule has 12 heteroatoms. The quantitative estimate of drug-likeness (QED) is 0.455. The van der Waals surface area contributed by atoms with Crippen molar-refractivity contribution < 1.29 is 27.8 Å². The highest BCUT2D eigenvalue weighted by molar-refractivity contribution is 7.81. The second kappa shape index (κ2) is 9.49. The third-order valence-corrected chi connectivity index (χ3v) is 7.24.